The normalized spacial score (nSPS) is 23.5. The van der Waals surface area contributed by atoms with Gasteiger partial charge in [0.05, 0.1) is 17.2 Å². The molecular formula is C17H25NOS. The van der Waals surface area contributed by atoms with Crippen molar-refractivity contribution in [2.24, 2.45) is 0 Å². The molecule has 2 rings (SSSR count). The van der Waals surface area contributed by atoms with Gasteiger partial charge in [-0.05, 0) is 46.2 Å². The maximum Gasteiger partial charge on any atom is 0.0834 e. The molecule has 1 aromatic carbocycles. The predicted molar refractivity (Wildman–Crippen MR) is 88.6 cm³/mol. The van der Waals surface area contributed by atoms with Crippen LogP contribution < -0.4 is 5.32 Å². The predicted octanol–water partition coefficient (Wildman–Crippen LogP) is 4.72. The van der Waals surface area contributed by atoms with Gasteiger partial charge >= 0.3 is 0 Å². The number of thioether (sulfide) groups is 1. The Labute approximate surface area is 127 Å². The van der Waals surface area contributed by atoms with Crippen LogP contribution in [0.15, 0.2) is 41.8 Å². The van der Waals surface area contributed by atoms with Crippen molar-refractivity contribution in [2.45, 2.75) is 56.3 Å². The van der Waals surface area contributed by atoms with Crippen molar-refractivity contribution >= 4 is 17.4 Å². The lowest BCUT2D eigenvalue weighted by atomic mass is 9.94. The lowest BCUT2D eigenvalue weighted by molar-refractivity contribution is -0.0662. The highest BCUT2D eigenvalue weighted by atomic mass is 32.2. The number of anilines is 1. The Morgan fingerprint density at radius 3 is 2.65 bits per heavy atom. The summed E-state index contributed by atoms with van der Waals surface area (Å²) < 4.78 is 6.16. The Morgan fingerprint density at radius 1 is 1.35 bits per heavy atom. The third-order valence-corrected chi connectivity index (χ3v) is 4.72. The van der Waals surface area contributed by atoms with Gasteiger partial charge in [-0.2, -0.15) is 0 Å². The van der Waals surface area contributed by atoms with Crippen molar-refractivity contribution < 1.29 is 4.74 Å². The molecule has 0 saturated carbocycles. The van der Waals surface area contributed by atoms with E-state index in [1.54, 1.807) is 0 Å². The molecule has 1 fully saturated rings. The van der Waals surface area contributed by atoms with Crippen LogP contribution >= 0.6 is 11.8 Å². The molecule has 20 heavy (non-hydrogen) atoms. The fourth-order valence-corrected chi connectivity index (χ4v) is 3.59. The van der Waals surface area contributed by atoms with Gasteiger partial charge in [-0.3, -0.25) is 0 Å². The molecule has 0 bridgehead atoms. The molecule has 0 aromatic heterocycles. The number of para-hydroxylation sites is 1. The van der Waals surface area contributed by atoms with Crippen molar-refractivity contribution in [3.8, 4) is 0 Å². The van der Waals surface area contributed by atoms with E-state index in [9.17, 15) is 0 Å². The highest BCUT2D eigenvalue weighted by Crippen LogP contribution is 2.40. The zero-order chi connectivity index (χ0) is 14.8. The van der Waals surface area contributed by atoms with E-state index in [0.717, 1.165) is 12.2 Å². The molecule has 3 heteroatoms. The third kappa shape index (κ3) is 3.58. The van der Waals surface area contributed by atoms with E-state index in [1.807, 2.05) is 17.8 Å². The first-order valence-electron chi connectivity index (χ1n) is 7.13. The van der Waals surface area contributed by atoms with E-state index in [2.05, 4.69) is 63.9 Å². The number of hydrogen-bond acceptors (Lipinski definition) is 3. The zero-order valence-corrected chi connectivity index (χ0v) is 13.7. The molecule has 0 spiro atoms. The number of rotatable bonds is 5. The summed E-state index contributed by atoms with van der Waals surface area (Å²) in [5.41, 5.74) is 0.975. The lowest BCUT2D eigenvalue weighted by Gasteiger charge is -2.29. The fraction of sp³-hybridized carbons (Fsp3) is 0.529. The summed E-state index contributed by atoms with van der Waals surface area (Å²) in [6, 6.07) is 8.78. The van der Waals surface area contributed by atoms with Crippen LogP contribution in [0.4, 0.5) is 5.69 Å². The van der Waals surface area contributed by atoms with Crippen LogP contribution in [0.5, 0.6) is 0 Å². The maximum absolute atomic E-state index is 6.16. The Bertz CT molecular complexity index is 482. The molecule has 0 aliphatic carbocycles. The van der Waals surface area contributed by atoms with Gasteiger partial charge in [0.1, 0.15) is 0 Å². The Kier molecular flexibility index (Phi) is 4.50. The smallest absolute Gasteiger partial charge is 0.0834 e. The largest absolute Gasteiger partial charge is 0.378 e. The second-order valence-electron chi connectivity index (χ2n) is 6.46. The fourth-order valence-electron chi connectivity index (χ4n) is 2.84. The van der Waals surface area contributed by atoms with Crippen LogP contribution in [-0.2, 0) is 4.74 Å². The SMILES string of the molecule is C=CCSc1ccccc1NC1CC(C)(C)OC1(C)C. The number of hydrogen-bond donors (Lipinski definition) is 1. The summed E-state index contributed by atoms with van der Waals surface area (Å²) in [4.78, 5) is 1.27. The van der Waals surface area contributed by atoms with Gasteiger partial charge in [-0.1, -0.05) is 18.2 Å². The van der Waals surface area contributed by atoms with E-state index in [-0.39, 0.29) is 11.2 Å². The van der Waals surface area contributed by atoms with Crippen LogP contribution in [0.2, 0.25) is 0 Å². The van der Waals surface area contributed by atoms with Crippen molar-refractivity contribution in [1.82, 2.24) is 0 Å². The van der Waals surface area contributed by atoms with E-state index < -0.39 is 0 Å². The highest BCUT2D eigenvalue weighted by molar-refractivity contribution is 7.99. The van der Waals surface area contributed by atoms with Gasteiger partial charge in [0, 0.05) is 16.3 Å². The van der Waals surface area contributed by atoms with E-state index in [0.29, 0.717) is 6.04 Å². The molecule has 1 aliphatic heterocycles. The van der Waals surface area contributed by atoms with Crippen LogP contribution in [0, 0.1) is 0 Å². The number of nitrogens with one attached hydrogen (secondary N) is 1. The molecule has 1 unspecified atom stereocenters. The average Bonchev–Trinajstić information content (AvgIpc) is 2.56. The van der Waals surface area contributed by atoms with Crippen LogP contribution in [0.25, 0.3) is 0 Å². The molecule has 2 nitrogen and oxygen atoms in total. The van der Waals surface area contributed by atoms with Gasteiger partial charge in [-0.25, -0.2) is 0 Å². The molecule has 1 aliphatic rings. The Balaban J connectivity index is 2.16. The quantitative estimate of drug-likeness (QED) is 0.626. The first-order valence-corrected chi connectivity index (χ1v) is 8.12. The minimum absolute atomic E-state index is 0.0651. The van der Waals surface area contributed by atoms with Crippen LogP contribution in [-0.4, -0.2) is 23.0 Å². The third-order valence-electron chi connectivity index (χ3n) is 3.65. The van der Waals surface area contributed by atoms with Crippen LogP contribution in [0.3, 0.4) is 0 Å². The molecule has 0 radical (unpaired) electrons. The molecule has 0 amide bonds. The summed E-state index contributed by atoms with van der Waals surface area (Å²) in [7, 11) is 0. The topological polar surface area (TPSA) is 21.3 Å². The summed E-state index contributed by atoms with van der Waals surface area (Å²) in [6.07, 6.45) is 2.95. The number of benzene rings is 1. The summed E-state index contributed by atoms with van der Waals surface area (Å²) >= 11 is 1.81. The van der Waals surface area contributed by atoms with Gasteiger partial charge in [0.2, 0.25) is 0 Å². The first kappa shape index (κ1) is 15.5. The van der Waals surface area contributed by atoms with Gasteiger partial charge < -0.3 is 10.1 Å². The van der Waals surface area contributed by atoms with Crippen LogP contribution in [0.1, 0.15) is 34.1 Å². The van der Waals surface area contributed by atoms with Crippen molar-refractivity contribution in [3.05, 3.63) is 36.9 Å². The Hall–Kier alpha value is -0.930. The molecule has 1 aromatic rings. The minimum Gasteiger partial charge on any atom is -0.378 e. The Morgan fingerprint density at radius 2 is 2.05 bits per heavy atom. The lowest BCUT2D eigenvalue weighted by Crippen LogP contribution is -2.38. The number of ether oxygens (including phenoxy) is 1. The highest BCUT2D eigenvalue weighted by Gasteiger charge is 2.45. The van der Waals surface area contributed by atoms with Crippen molar-refractivity contribution in [3.63, 3.8) is 0 Å². The summed E-state index contributed by atoms with van der Waals surface area (Å²) in [5, 5.41) is 3.68. The minimum atomic E-state index is -0.153. The molecule has 1 saturated heterocycles. The average molecular weight is 291 g/mol. The van der Waals surface area contributed by atoms with Crippen molar-refractivity contribution in [1.29, 1.82) is 0 Å². The molecule has 110 valence electrons. The molecule has 1 N–H and O–H groups in total. The maximum atomic E-state index is 6.16. The monoisotopic (exact) mass is 291 g/mol. The summed E-state index contributed by atoms with van der Waals surface area (Å²) in [6.45, 7) is 12.4. The molecule has 1 atom stereocenters. The molecular weight excluding hydrogens is 266 g/mol. The van der Waals surface area contributed by atoms with E-state index in [1.165, 1.54) is 10.6 Å². The van der Waals surface area contributed by atoms with Gasteiger partial charge in [0.15, 0.2) is 0 Å². The first-order chi connectivity index (χ1) is 9.34. The standard InChI is InChI=1S/C17H25NOS/c1-6-11-20-14-10-8-7-9-13(14)18-15-12-16(2,3)19-17(15,4)5/h6-10,15,18H,1,11-12H2,2-5H3. The molecule has 1 heterocycles. The van der Waals surface area contributed by atoms with E-state index in [4.69, 9.17) is 4.74 Å². The second-order valence-corrected chi connectivity index (χ2v) is 7.52. The summed E-state index contributed by atoms with van der Waals surface area (Å²) in [5.74, 6) is 0.925. The zero-order valence-electron chi connectivity index (χ0n) is 12.9. The van der Waals surface area contributed by atoms with E-state index >= 15 is 0 Å². The van der Waals surface area contributed by atoms with Gasteiger partial charge in [-0.15, -0.1) is 18.3 Å². The van der Waals surface area contributed by atoms with Gasteiger partial charge in [0.25, 0.3) is 0 Å². The second kappa shape index (κ2) is 5.82. The van der Waals surface area contributed by atoms with Crippen molar-refractivity contribution in [2.75, 3.05) is 11.1 Å².